The van der Waals surface area contributed by atoms with Crippen LogP contribution in [-0.2, 0) is 21.7 Å². The fraction of sp³-hybridized carbons (Fsp3) is 0.222. The Labute approximate surface area is 208 Å². The Morgan fingerprint density at radius 2 is 1.83 bits per heavy atom. The van der Waals surface area contributed by atoms with Crippen molar-refractivity contribution in [1.29, 1.82) is 0 Å². The lowest BCUT2D eigenvalue weighted by atomic mass is 9.91. The molecule has 1 saturated heterocycles. The predicted molar refractivity (Wildman–Crippen MR) is 131 cm³/mol. The number of rotatable bonds is 7. The Bertz CT molecular complexity index is 1340. The van der Waals surface area contributed by atoms with Crippen LogP contribution in [0.3, 0.4) is 0 Å². The van der Waals surface area contributed by atoms with Gasteiger partial charge in [-0.1, -0.05) is 42.0 Å². The van der Waals surface area contributed by atoms with Crippen molar-refractivity contribution in [2.24, 2.45) is 0 Å². The molecule has 0 aromatic heterocycles. The van der Waals surface area contributed by atoms with Crippen LogP contribution in [0.25, 0.3) is 0 Å². The van der Waals surface area contributed by atoms with E-state index in [0.717, 1.165) is 16.0 Å². The zero-order valence-corrected chi connectivity index (χ0v) is 19.9. The highest BCUT2D eigenvalue weighted by atomic mass is 16.7. The summed E-state index contributed by atoms with van der Waals surface area (Å²) >= 11 is 0. The van der Waals surface area contributed by atoms with Crippen LogP contribution in [0, 0.1) is 6.92 Å². The van der Waals surface area contributed by atoms with E-state index in [2.05, 4.69) is 10.6 Å². The summed E-state index contributed by atoms with van der Waals surface area (Å²) in [4.78, 5) is 39.3. The third-order valence-electron chi connectivity index (χ3n) is 6.17. The Balaban J connectivity index is 1.20. The molecule has 1 fully saturated rings. The molecule has 2 aliphatic rings. The second-order valence-corrected chi connectivity index (χ2v) is 8.86. The number of ether oxygens (including phenoxy) is 3. The SMILES string of the molecule is Cc1ccc(C2(C)NC(=O)N(CC(=O)Nc3cccc(COc4ccc5c(c4)OCO5)c3)C2=O)cc1. The number of aryl methyl sites for hydroxylation is 1. The van der Waals surface area contributed by atoms with Crippen LogP contribution >= 0.6 is 0 Å². The van der Waals surface area contributed by atoms with E-state index >= 15 is 0 Å². The van der Waals surface area contributed by atoms with Gasteiger partial charge in [0.05, 0.1) is 0 Å². The number of amides is 4. The van der Waals surface area contributed by atoms with Crippen molar-refractivity contribution in [2.45, 2.75) is 26.0 Å². The summed E-state index contributed by atoms with van der Waals surface area (Å²) in [5.74, 6) is 0.977. The summed E-state index contributed by atoms with van der Waals surface area (Å²) in [6, 6.07) is 19.2. The highest BCUT2D eigenvalue weighted by molar-refractivity contribution is 6.10. The Morgan fingerprint density at radius 1 is 1.06 bits per heavy atom. The van der Waals surface area contributed by atoms with E-state index in [4.69, 9.17) is 14.2 Å². The van der Waals surface area contributed by atoms with Gasteiger partial charge < -0.3 is 24.8 Å². The van der Waals surface area contributed by atoms with Crippen molar-refractivity contribution in [1.82, 2.24) is 10.2 Å². The molecule has 0 spiro atoms. The van der Waals surface area contributed by atoms with E-state index < -0.39 is 29.9 Å². The highest BCUT2D eigenvalue weighted by Crippen LogP contribution is 2.35. The fourth-order valence-electron chi connectivity index (χ4n) is 4.14. The molecule has 3 aromatic rings. The number of imide groups is 1. The number of carbonyl (C=O) groups is 3. The van der Waals surface area contributed by atoms with Gasteiger partial charge in [-0.25, -0.2) is 4.79 Å². The second kappa shape index (κ2) is 9.26. The number of anilines is 1. The first-order valence-corrected chi connectivity index (χ1v) is 11.4. The number of nitrogens with zero attached hydrogens (tertiary/aromatic N) is 1. The van der Waals surface area contributed by atoms with Gasteiger partial charge in [0, 0.05) is 11.8 Å². The van der Waals surface area contributed by atoms with Gasteiger partial charge in [0.1, 0.15) is 24.4 Å². The first kappa shape index (κ1) is 23.2. The normalized spacial score (nSPS) is 18.2. The zero-order valence-electron chi connectivity index (χ0n) is 19.9. The minimum atomic E-state index is -1.23. The summed E-state index contributed by atoms with van der Waals surface area (Å²) in [5, 5.41) is 5.47. The molecule has 9 heteroatoms. The number of carbonyl (C=O) groups excluding carboxylic acids is 3. The van der Waals surface area contributed by atoms with E-state index in [0.29, 0.717) is 28.5 Å². The molecule has 184 valence electrons. The molecule has 0 aliphatic carbocycles. The Kier molecular flexibility index (Phi) is 5.97. The predicted octanol–water partition coefficient (Wildman–Crippen LogP) is 3.71. The highest BCUT2D eigenvalue weighted by Gasteiger charge is 2.49. The van der Waals surface area contributed by atoms with Crippen LogP contribution in [0.2, 0.25) is 0 Å². The topological polar surface area (TPSA) is 106 Å². The van der Waals surface area contributed by atoms with Crippen LogP contribution in [0.1, 0.15) is 23.6 Å². The Hall–Kier alpha value is -4.53. The summed E-state index contributed by atoms with van der Waals surface area (Å²) < 4.78 is 16.5. The standard InChI is InChI=1S/C27H25N3O6/c1-17-6-8-19(9-7-17)27(2)25(32)30(26(33)29-27)14-24(31)28-20-5-3-4-18(12-20)15-34-21-10-11-22-23(13-21)36-16-35-22/h3-13H,14-16H2,1-2H3,(H,28,31)(H,29,33). The van der Waals surface area contributed by atoms with E-state index in [-0.39, 0.29) is 13.4 Å². The van der Waals surface area contributed by atoms with Crippen LogP contribution in [0.5, 0.6) is 17.2 Å². The number of hydrogen-bond acceptors (Lipinski definition) is 6. The van der Waals surface area contributed by atoms with Gasteiger partial charge in [-0.15, -0.1) is 0 Å². The molecule has 2 heterocycles. The average molecular weight is 488 g/mol. The lowest BCUT2D eigenvalue weighted by Crippen LogP contribution is -2.42. The van der Waals surface area contributed by atoms with Crippen molar-refractivity contribution in [3.63, 3.8) is 0 Å². The molecule has 0 radical (unpaired) electrons. The molecular weight excluding hydrogens is 462 g/mol. The number of fused-ring (bicyclic) bond motifs is 1. The number of nitrogens with one attached hydrogen (secondary N) is 2. The fourth-order valence-corrected chi connectivity index (χ4v) is 4.14. The summed E-state index contributed by atoms with van der Waals surface area (Å²) in [5.41, 5.74) is 1.83. The maximum Gasteiger partial charge on any atom is 0.325 e. The van der Waals surface area contributed by atoms with E-state index in [1.807, 2.05) is 25.1 Å². The van der Waals surface area contributed by atoms with Crippen LogP contribution < -0.4 is 24.8 Å². The second-order valence-electron chi connectivity index (χ2n) is 8.86. The third kappa shape index (κ3) is 4.55. The lowest BCUT2D eigenvalue weighted by molar-refractivity contribution is -0.133. The molecule has 3 aromatic carbocycles. The van der Waals surface area contributed by atoms with Gasteiger partial charge in [0.25, 0.3) is 5.91 Å². The van der Waals surface area contributed by atoms with E-state index in [1.54, 1.807) is 55.5 Å². The van der Waals surface area contributed by atoms with Gasteiger partial charge >= 0.3 is 6.03 Å². The van der Waals surface area contributed by atoms with Gasteiger partial charge in [-0.2, -0.15) is 0 Å². The maximum absolute atomic E-state index is 13.1. The smallest absolute Gasteiger partial charge is 0.325 e. The van der Waals surface area contributed by atoms with E-state index in [9.17, 15) is 14.4 Å². The van der Waals surface area contributed by atoms with Crippen molar-refractivity contribution in [3.8, 4) is 17.2 Å². The molecule has 9 nitrogen and oxygen atoms in total. The molecule has 0 saturated carbocycles. The minimum Gasteiger partial charge on any atom is -0.489 e. The summed E-state index contributed by atoms with van der Waals surface area (Å²) in [6.45, 7) is 3.64. The first-order valence-electron chi connectivity index (χ1n) is 11.4. The van der Waals surface area contributed by atoms with Crippen molar-refractivity contribution >= 4 is 23.5 Å². The molecule has 36 heavy (non-hydrogen) atoms. The summed E-state index contributed by atoms with van der Waals surface area (Å²) in [7, 11) is 0. The average Bonchev–Trinajstić information content (AvgIpc) is 3.41. The van der Waals surface area contributed by atoms with Crippen molar-refractivity contribution in [2.75, 3.05) is 18.7 Å². The van der Waals surface area contributed by atoms with Gasteiger partial charge in [0.15, 0.2) is 11.5 Å². The molecule has 4 amide bonds. The van der Waals surface area contributed by atoms with Crippen LogP contribution in [0.15, 0.2) is 66.7 Å². The van der Waals surface area contributed by atoms with Gasteiger partial charge in [-0.3, -0.25) is 14.5 Å². The molecule has 2 N–H and O–H groups in total. The summed E-state index contributed by atoms with van der Waals surface area (Å²) in [6.07, 6.45) is 0. The van der Waals surface area contributed by atoms with E-state index in [1.165, 1.54) is 0 Å². The van der Waals surface area contributed by atoms with Gasteiger partial charge in [-0.05, 0) is 49.2 Å². The van der Waals surface area contributed by atoms with Crippen molar-refractivity contribution < 1.29 is 28.6 Å². The first-order chi connectivity index (χ1) is 17.3. The maximum atomic E-state index is 13.1. The van der Waals surface area contributed by atoms with Crippen LogP contribution in [-0.4, -0.2) is 36.1 Å². The lowest BCUT2D eigenvalue weighted by Gasteiger charge is -2.22. The third-order valence-corrected chi connectivity index (χ3v) is 6.17. The molecular formula is C27H25N3O6. The molecule has 1 unspecified atom stereocenters. The van der Waals surface area contributed by atoms with Gasteiger partial charge in [0.2, 0.25) is 12.7 Å². The largest absolute Gasteiger partial charge is 0.489 e. The van der Waals surface area contributed by atoms with Crippen molar-refractivity contribution in [3.05, 3.63) is 83.4 Å². The monoisotopic (exact) mass is 487 g/mol. The minimum absolute atomic E-state index is 0.191. The number of benzene rings is 3. The molecule has 2 aliphatic heterocycles. The Morgan fingerprint density at radius 3 is 2.64 bits per heavy atom. The number of hydrogen-bond donors (Lipinski definition) is 2. The quantitative estimate of drug-likeness (QED) is 0.492. The van der Waals surface area contributed by atoms with Crippen LogP contribution in [0.4, 0.5) is 10.5 Å². The molecule has 1 atom stereocenters. The molecule has 5 rings (SSSR count). The molecule has 0 bridgehead atoms. The zero-order chi connectivity index (χ0) is 25.3. The number of urea groups is 1.